The van der Waals surface area contributed by atoms with Crippen LogP contribution in [0, 0.1) is 0 Å². The fourth-order valence-corrected chi connectivity index (χ4v) is 3.70. The molecule has 5 nitrogen and oxygen atoms in total. The second kappa shape index (κ2) is 7.65. The molecule has 11 heteroatoms. The van der Waals surface area contributed by atoms with Crippen molar-refractivity contribution in [2.75, 3.05) is 0 Å². The van der Waals surface area contributed by atoms with Gasteiger partial charge in [0.2, 0.25) is 5.43 Å². The molecule has 3 rings (SSSR count). The Morgan fingerprint density at radius 1 is 1.14 bits per heavy atom. The lowest BCUT2D eigenvalue weighted by Gasteiger charge is -2.17. The number of hydrogen-bond acceptors (Lipinski definition) is 4. The lowest BCUT2D eigenvalue weighted by Crippen LogP contribution is -2.28. The summed E-state index contributed by atoms with van der Waals surface area (Å²) in [5, 5.41) is -1.17. The third-order valence-corrected chi connectivity index (χ3v) is 5.37. The average Bonchev–Trinajstić information content (AvgIpc) is 2.89. The van der Waals surface area contributed by atoms with Crippen LogP contribution in [-0.2, 0) is 17.5 Å². The summed E-state index contributed by atoms with van der Waals surface area (Å²) in [6.45, 7) is -0.539. The van der Waals surface area contributed by atoms with Gasteiger partial charge < -0.3 is 4.98 Å². The smallest absolute Gasteiger partial charge is 0.359 e. The molecular formula is C17H9Cl2F3N2O3S. The van der Waals surface area contributed by atoms with Crippen molar-refractivity contribution in [1.82, 2.24) is 9.88 Å². The number of alkyl halides is 3. The number of H-pyrrole nitrogens is 1. The van der Waals surface area contributed by atoms with Crippen molar-refractivity contribution >= 4 is 52.2 Å². The van der Waals surface area contributed by atoms with E-state index in [9.17, 15) is 27.6 Å². The van der Waals surface area contributed by atoms with Crippen LogP contribution in [0.1, 0.15) is 16.8 Å². The van der Waals surface area contributed by atoms with Crippen LogP contribution in [0.5, 0.6) is 0 Å². The van der Waals surface area contributed by atoms with Gasteiger partial charge >= 0.3 is 6.18 Å². The van der Waals surface area contributed by atoms with Crippen LogP contribution in [0.25, 0.3) is 6.08 Å². The minimum atomic E-state index is -4.62. The Labute approximate surface area is 170 Å². The first-order valence-corrected chi connectivity index (χ1v) is 9.14. The van der Waals surface area contributed by atoms with E-state index >= 15 is 0 Å². The number of nitrogens with zero attached hydrogens (tertiary/aromatic N) is 1. The number of carbonyl (C=O) groups excluding carboxylic acids is 2. The van der Waals surface area contributed by atoms with E-state index in [1.807, 2.05) is 0 Å². The van der Waals surface area contributed by atoms with E-state index in [4.69, 9.17) is 23.2 Å². The molecule has 2 aromatic rings. The van der Waals surface area contributed by atoms with Gasteiger partial charge in [-0.25, -0.2) is 0 Å². The van der Waals surface area contributed by atoms with Gasteiger partial charge in [-0.15, -0.1) is 0 Å². The summed E-state index contributed by atoms with van der Waals surface area (Å²) in [4.78, 5) is 39.7. The fraction of sp³-hybridized carbons (Fsp3) is 0.118. The lowest BCUT2D eigenvalue weighted by molar-refractivity contribution is -0.139. The van der Waals surface area contributed by atoms with Gasteiger partial charge in [-0.05, 0) is 29.5 Å². The quantitative estimate of drug-likeness (QED) is 0.675. The van der Waals surface area contributed by atoms with Crippen LogP contribution in [0.3, 0.4) is 0 Å². The van der Waals surface area contributed by atoms with Gasteiger partial charge in [0.05, 0.1) is 22.7 Å². The van der Waals surface area contributed by atoms with E-state index in [0.717, 1.165) is 6.07 Å². The maximum atomic E-state index is 13.1. The molecule has 0 spiro atoms. The van der Waals surface area contributed by atoms with Crippen LogP contribution in [0.2, 0.25) is 10.0 Å². The fourth-order valence-electron chi connectivity index (χ4n) is 2.47. The Morgan fingerprint density at radius 2 is 1.82 bits per heavy atom. The number of amides is 2. The first kappa shape index (κ1) is 20.5. The maximum absolute atomic E-state index is 13.1. The molecule has 1 saturated heterocycles. The van der Waals surface area contributed by atoms with Crippen molar-refractivity contribution in [1.29, 1.82) is 0 Å². The standard InChI is InChI=1S/C17H9Cl2F3N2O3S/c18-10-6-23-11(13(19)14(10)25)5-12-15(26)24(16(27)28-12)7-8-3-1-2-4-9(8)17(20,21)22/h1-6H,7H2,(H,23,25)/b12-5-. The summed E-state index contributed by atoms with van der Waals surface area (Å²) < 4.78 is 39.4. The van der Waals surface area contributed by atoms with Crippen molar-refractivity contribution in [2.24, 2.45) is 0 Å². The number of rotatable bonds is 3. The zero-order valence-corrected chi connectivity index (χ0v) is 16.0. The summed E-state index contributed by atoms with van der Waals surface area (Å²) >= 11 is 12.1. The summed E-state index contributed by atoms with van der Waals surface area (Å²) in [5.41, 5.74) is -1.75. The number of imide groups is 1. The molecule has 1 aromatic carbocycles. The molecule has 0 unspecified atom stereocenters. The normalized spacial score (nSPS) is 16.3. The van der Waals surface area contributed by atoms with E-state index in [1.54, 1.807) is 0 Å². The number of halogens is 5. The van der Waals surface area contributed by atoms with Gasteiger partial charge in [-0.2, -0.15) is 13.2 Å². The highest BCUT2D eigenvalue weighted by Gasteiger charge is 2.38. The Kier molecular flexibility index (Phi) is 5.60. The van der Waals surface area contributed by atoms with Crippen molar-refractivity contribution in [3.05, 3.63) is 72.5 Å². The van der Waals surface area contributed by atoms with Gasteiger partial charge in [0.25, 0.3) is 11.1 Å². The summed E-state index contributed by atoms with van der Waals surface area (Å²) in [6, 6.07) is 4.68. The Bertz CT molecular complexity index is 1070. The number of nitrogens with one attached hydrogen (secondary N) is 1. The number of carbonyl (C=O) groups is 2. The molecule has 1 aliphatic heterocycles. The largest absolute Gasteiger partial charge is 0.416 e. The second-order valence-corrected chi connectivity index (χ2v) is 7.39. The molecule has 0 saturated carbocycles. The molecule has 146 valence electrons. The molecular weight excluding hydrogens is 440 g/mol. The minimum Gasteiger partial charge on any atom is -0.359 e. The predicted molar refractivity (Wildman–Crippen MR) is 100 cm³/mol. The van der Waals surface area contributed by atoms with Crippen molar-refractivity contribution in [3.63, 3.8) is 0 Å². The van der Waals surface area contributed by atoms with Gasteiger partial charge in [-0.1, -0.05) is 41.4 Å². The lowest BCUT2D eigenvalue weighted by atomic mass is 10.1. The molecule has 0 bridgehead atoms. The van der Waals surface area contributed by atoms with Crippen molar-refractivity contribution < 1.29 is 22.8 Å². The number of aromatic amines is 1. The SMILES string of the molecule is O=C1S/C(=C\c2[nH]cc(Cl)c(=O)c2Cl)C(=O)N1Cc1ccccc1C(F)(F)F. The highest BCUT2D eigenvalue weighted by molar-refractivity contribution is 8.18. The van der Waals surface area contributed by atoms with Crippen LogP contribution < -0.4 is 5.43 Å². The second-order valence-electron chi connectivity index (χ2n) is 5.62. The number of benzene rings is 1. The van der Waals surface area contributed by atoms with E-state index in [-0.39, 0.29) is 26.2 Å². The van der Waals surface area contributed by atoms with E-state index in [2.05, 4.69) is 4.98 Å². The molecule has 0 aliphatic carbocycles. The maximum Gasteiger partial charge on any atom is 0.416 e. The first-order chi connectivity index (χ1) is 13.1. The monoisotopic (exact) mass is 448 g/mol. The summed E-state index contributed by atoms with van der Waals surface area (Å²) in [5.74, 6) is -0.793. The molecule has 1 aromatic heterocycles. The molecule has 2 heterocycles. The number of hydrogen-bond donors (Lipinski definition) is 1. The average molecular weight is 449 g/mol. The van der Waals surface area contributed by atoms with Crippen molar-refractivity contribution in [3.8, 4) is 0 Å². The third kappa shape index (κ3) is 3.96. The first-order valence-electron chi connectivity index (χ1n) is 7.56. The highest BCUT2D eigenvalue weighted by atomic mass is 35.5. The molecule has 2 amide bonds. The Balaban J connectivity index is 1.92. The Hall–Kier alpha value is -2.23. The molecule has 28 heavy (non-hydrogen) atoms. The van der Waals surface area contributed by atoms with Gasteiger partial charge in [0, 0.05) is 6.20 Å². The zero-order chi connectivity index (χ0) is 20.6. The number of aromatic nitrogens is 1. The number of thioether (sulfide) groups is 1. The molecule has 0 radical (unpaired) electrons. The Morgan fingerprint density at radius 3 is 2.50 bits per heavy atom. The van der Waals surface area contributed by atoms with E-state index in [0.29, 0.717) is 16.7 Å². The van der Waals surface area contributed by atoms with Gasteiger partial charge in [0.15, 0.2) is 0 Å². The van der Waals surface area contributed by atoms with Crippen LogP contribution >= 0.6 is 35.0 Å². The van der Waals surface area contributed by atoms with Crippen LogP contribution in [-0.4, -0.2) is 21.0 Å². The van der Waals surface area contributed by atoms with E-state index in [1.165, 1.54) is 30.5 Å². The topological polar surface area (TPSA) is 70.2 Å². The highest BCUT2D eigenvalue weighted by Crippen LogP contribution is 2.36. The molecule has 1 N–H and O–H groups in total. The number of pyridine rings is 1. The van der Waals surface area contributed by atoms with E-state index < -0.39 is 34.9 Å². The van der Waals surface area contributed by atoms with Crippen LogP contribution in [0.15, 0.2) is 40.2 Å². The van der Waals surface area contributed by atoms with Gasteiger partial charge in [0.1, 0.15) is 10.0 Å². The predicted octanol–water partition coefficient (Wildman–Crippen LogP) is 4.94. The molecule has 1 fully saturated rings. The molecule has 0 atom stereocenters. The molecule has 1 aliphatic rings. The van der Waals surface area contributed by atoms with Gasteiger partial charge in [-0.3, -0.25) is 19.3 Å². The van der Waals surface area contributed by atoms with Crippen molar-refractivity contribution in [2.45, 2.75) is 12.7 Å². The van der Waals surface area contributed by atoms with Crippen LogP contribution in [0.4, 0.5) is 18.0 Å². The zero-order valence-electron chi connectivity index (χ0n) is 13.6. The minimum absolute atomic E-state index is 0.0530. The third-order valence-electron chi connectivity index (χ3n) is 3.81. The summed E-state index contributed by atoms with van der Waals surface area (Å²) in [7, 11) is 0. The summed E-state index contributed by atoms with van der Waals surface area (Å²) in [6.07, 6.45) is -2.27.